The molecule has 82 valence electrons. The summed E-state index contributed by atoms with van der Waals surface area (Å²) in [6.07, 6.45) is 0.689. The van der Waals surface area contributed by atoms with Gasteiger partial charge >= 0.3 is 0 Å². The van der Waals surface area contributed by atoms with Gasteiger partial charge in [-0.1, -0.05) is 35.4 Å². The second-order valence-corrected chi connectivity index (χ2v) is 5.27. The minimum Gasteiger partial charge on any atom is -0.545 e. The van der Waals surface area contributed by atoms with Crippen LogP contribution in [0.3, 0.4) is 0 Å². The maximum Gasteiger partial charge on any atom is 0.0715 e. The van der Waals surface area contributed by atoms with E-state index in [-0.39, 0.29) is 10.8 Å². The van der Waals surface area contributed by atoms with Crippen LogP contribution in [0.2, 0.25) is 5.02 Å². The van der Waals surface area contributed by atoms with Crippen LogP contribution in [0, 0.1) is 0 Å². The summed E-state index contributed by atoms with van der Waals surface area (Å²) in [4.78, 5) is 10.6. The van der Waals surface area contributed by atoms with E-state index >= 15 is 0 Å². The molecule has 0 radical (unpaired) electrons. The van der Waals surface area contributed by atoms with Crippen molar-refractivity contribution in [3.05, 3.63) is 34.3 Å². The topological polar surface area (TPSA) is 40.1 Å². The first-order chi connectivity index (χ1) is 7.04. The van der Waals surface area contributed by atoms with Gasteiger partial charge in [0.1, 0.15) is 0 Å². The number of aromatic carboxylic acids is 1. The summed E-state index contributed by atoms with van der Waals surface area (Å²) in [5.41, 5.74) is 0.971. The van der Waals surface area contributed by atoms with Gasteiger partial charge in [0.2, 0.25) is 0 Å². The zero-order valence-corrected chi connectivity index (χ0v) is 10.5. The molecule has 1 atom stereocenters. The minimum absolute atomic E-state index is 0.158. The first kappa shape index (κ1) is 12.7. The number of halogens is 1. The molecule has 1 rings (SSSR count). The largest absolute Gasteiger partial charge is 0.545 e. The lowest BCUT2D eigenvalue weighted by Crippen LogP contribution is -2.22. The van der Waals surface area contributed by atoms with Crippen molar-refractivity contribution >= 4 is 40.0 Å². The van der Waals surface area contributed by atoms with Crippen molar-refractivity contribution in [2.24, 2.45) is 0 Å². The molecule has 0 fully saturated rings. The molecule has 0 saturated carbocycles. The van der Waals surface area contributed by atoms with Crippen molar-refractivity contribution in [1.82, 2.24) is 0 Å². The molecule has 0 aliphatic rings. The normalized spacial score (nSPS) is 12.5. The zero-order chi connectivity index (χ0) is 11.4. The maximum absolute atomic E-state index is 10.6. The third kappa shape index (κ3) is 3.63. The number of benzene rings is 1. The third-order valence-corrected chi connectivity index (χ3v) is 3.94. The Kier molecular flexibility index (Phi) is 4.83. The van der Waals surface area contributed by atoms with Crippen molar-refractivity contribution in [3.8, 4) is 0 Å². The highest BCUT2D eigenvalue weighted by Crippen LogP contribution is 2.24. The Balaban J connectivity index is 2.95. The van der Waals surface area contributed by atoms with Crippen LogP contribution < -0.4 is 5.11 Å². The average Bonchev–Trinajstić information content (AvgIpc) is 2.20. The van der Waals surface area contributed by atoms with Crippen LogP contribution in [0.15, 0.2) is 18.2 Å². The van der Waals surface area contributed by atoms with Crippen LogP contribution >= 0.6 is 34.1 Å². The molecule has 0 heterocycles. The lowest BCUT2D eigenvalue weighted by atomic mass is 10.1. The Labute approximate surface area is 103 Å². The number of hydrogen-bond acceptors (Lipinski definition) is 4. The van der Waals surface area contributed by atoms with Crippen molar-refractivity contribution in [1.29, 1.82) is 0 Å². The Morgan fingerprint density at radius 1 is 1.67 bits per heavy atom. The van der Waals surface area contributed by atoms with E-state index in [1.54, 1.807) is 12.1 Å². The molecule has 0 aromatic heterocycles. The molecule has 0 saturated heterocycles. The van der Waals surface area contributed by atoms with Gasteiger partial charge in [0.25, 0.3) is 0 Å². The summed E-state index contributed by atoms with van der Waals surface area (Å²) in [7, 11) is 1.42. The average molecular weight is 262 g/mol. The smallest absolute Gasteiger partial charge is 0.0715 e. The van der Waals surface area contributed by atoms with E-state index in [0.717, 1.165) is 5.56 Å². The Bertz CT molecular complexity index is 368. The third-order valence-electron chi connectivity index (χ3n) is 1.97. The number of rotatable bonds is 4. The van der Waals surface area contributed by atoms with Crippen LogP contribution in [-0.2, 0) is 6.42 Å². The molecule has 0 amide bonds. The van der Waals surface area contributed by atoms with Crippen LogP contribution in [-0.4, -0.2) is 11.2 Å². The number of carboxylic acid groups (broad SMARTS) is 1. The van der Waals surface area contributed by atoms with E-state index in [1.807, 2.05) is 6.92 Å². The standard InChI is InChI=1S/C10H11ClO2S2/c1-6(15-14)4-8-5-7(10(12)13)2-3-9(8)11/h2-3,5-6,14H,4H2,1H3,(H,12,13)/p-1. The number of carbonyl (C=O) groups is 1. The summed E-state index contributed by atoms with van der Waals surface area (Å²) in [6, 6.07) is 4.58. The van der Waals surface area contributed by atoms with Crippen molar-refractivity contribution in [2.45, 2.75) is 18.6 Å². The van der Waals surface area contributed by atoms with Gasteiger partial charge < -0.3 is 9.90 Å². The zero-order valence-electron chi connectivity index (χ0n) is 8.07. The molecule has 0 N–H and O–H groups in total. The first-order valence-corrected chi connectivity index (χ1v) is 6.65. The maximum atomic E-state index is 10.6. The fraction of sp³-hybridized carbons (Fsp3) is 0.300. The molecular formula is C10H10ClO2S2-. The number of hydrogen-bond donors (Lipinski definition) is 1. The predicted molar refractivity (Wildman–Crippen MR) is 65.5 cm³/mol. The molecular weight excluding hydrogens is 252 g/mol. The highest BCUT2D eigenvalue weighted by Gasteiger charge is 2.07. The molecule has 0 aliphatic carbocycles. The molecule has 5 heteroatoms. The first-order valence-electron chi connectivity index (χ1n) is 4.34. The summed E-state index contributed by atoms with van der Waals surface area (Å²) in [5, 5.41) is 11.5. The Morgan fingerprint density at radius 2 is 2.33 bits per heavy atom. The Morgan fingerprint density at radius 3 is 2.87 bits per heavy atom. The lowest BCUT2D eigenvalue weighted by molar-refractivity contribution is -0.255. The molecule has 1 aromatic rings. The molecule has 0 spiro atoms. The second-order valence-electron chi connectivity index (χ2n) is 3.21. The van der Waals surface area contributed by atoms with Gasteiger partial charge in [-0.2, -0.15) is 0 Å². The van der Waals surface area contributed by atoms with Gasteiger partial charge in [-0.25, -0.2) is 0 Å². The van der Waals surface area contributed by atoms with E-state index in [9.17, 15) is 9.90 Å². The van der Waals surface area contributed by atoms with Crippen molar-refractivity contribution in [3.63, 3.8) is 0 Å². The highest BCUT2D eigenvalue weighted by molar-refractivity contribution is 8.68. The van der Waals surface area contributed by atoms with Gasteiger partial charge in [-0.05, 0) is 29.7 Å². The van der Waals surface area contributed by atoms with Gasteiger partial charge in [-0.15, -0.1) is 11.7 Å². The van der Waals surface area contributed by atoms with E-state index in [0.29, 0.717) is 11.4 Å². The lowest BCUT2D eigenvalue weighted by Gasteiger charge is -2.11. The van der Waals surface area contributed by atoms with E-state index in [4.69, 9.17) is 11.6 Å². The fourth-order valence-electron chi connectivity index (χ4n) is 1.21. The molecule has 15 heavy (non-hydrogen) atoms. The molecule has 1 aromatic carbocycles. The number of carboxylic acids is 1. The van der Waals surface area contributed by atoms with Crippen LogP contribution in [0.25, 0.3) is 0 Å². The molecule has 2 nitrogen and oxygen atoms in total. The number of thiol groups is 1. The highest BCUT2D eigenvalue weighted by atomic mass is 35.5. The second kappa shape index (κ2) is 5.68. The predicted octanol–water partition coefficient (Wildman–Crippen LogP) is 2.21. The summed E-state index contributed by atoms with van der Waals surface area (Å²) >= 11 is 10.0. The molecule has 1 unspecified atom stereocenters. The number of carbonyl (C=O) groups excluding carboxylic acids is 1. The van der Waals surface area contributed by atoms with Crippen LogP contribution in [0.5, 0.6) is 0 Å². The van der Waals surface area contributed by atoms with Gasteiger partial charge in [0.15, 0.2) is 0 Å². The fourth-order valence-corrected chi connectivity index (χ4v) is 1.88. The molecule has 0 bridgehead atoms. The van der Waals surface area contributed by atoms with Gasteiger partial charge in [-0.3, -0.25) is 0 Å². The van der Waals surface area contributed by atoms with Crippen LogP contribution in [0.4, 0.5) is 0 Å². The minimum atomic E-state index is -1.18. The van der Waals surface area contributed by atoms with E-state index < -0.39 is 5.97 Å². The van der Waals surface area contributed by atoms with Gasteiger partial charge in [0.05, 0.1) is 5.97 Å². The monoisotopic (exact) mass is 261 g/mol. The van der Waals surface area contributed by atoms with Crippen molar-refractivity contribution in [2.75, 3.05) is 0 Å². The Hall–Kier alpha value is -0.320. The molecule has 0 aliphatic heterocycles. The van der Waals surface area contributed by atoms with Crippen LogP contribution in [0.1, 0.15) is 22.8 Å². The summed E-state index contributed by atoms with van der Waals surface area (Å²) < 4.78 is 0. The summed E-state index contributed by atoms with van der Waals surface area (Å²) in [6.45, 7) is 2.00. The van der Waals surface area contributed by atoms with Crippen molar-refractivity contribution < 1.29 is 9.90 Å². The quantitative estimate of drug-likeness (QED) is 0.667. The summed E-state index contributed by atoms with van der Waals surface area (Å²) in [5.74, 6) is -1.18. The SMILES string of the molecule is CC(Cc1cc(C(=O)[O-])ccc1Cl)SS. The van der Waals surface area contributed by atoms with Gasteiger partial charge in [0, 0.05) is 10.3 Å². The van der Waals surface area contributed by atoms with E-state index in [1.165, 1.54) is 16.9 Å². The van der Waals surface area contributed by atoms with E-state index in [2.05, 4.69) is 11.7 Å².